The Balaban J connectivity index is 2.12. The van der Waals surface area contributed by atoms with Crippen LogP contribution < -0.4 is 0 Å². The molecule has 0 saturated carbocycles. The Morgan fingerprint density at radius 3 is 2.44 bits per heavy atom. The number of halogens is 1. The molecule has 0 radical (unpaired) electrons. The average molecular weight is 369 g/mol. The lowest BCUT2D eigenvalue weighted by atomic mass is 9.70. The predicted octanol–water partition coefficient (Wildman–Crippen LogP) is 3.01. The number of carbonyl (C=O) groups is 1. The van der Waals surface area contributed by atoms with Crippen LogP contribution in [0.1, 0.15) is 42.0 Å². The highest BCUT2D eigenvalue weighted by Gasteiger charge is 2.62. The maximum absolute atomic E-state index is 15.8. The third-order valence-electron chi connectivity index (χ3n) is 5.08. The van der Waals surface area contributed by atoms with Crippen molar-refractivity contribution in [1.29, 1.82) is 5.26 Å². The highest BCUT2D eigenvalue weighted by Crippen LogP contribution is 2.47. The number of rotatable bonds is 4. The van der Waals surface area contributed by atoms with Gasteiger partial charge in [0.15, 0.2) is 11.3 Å². The van der Waals surface area contributed by atoms with E-state index in [1.165, 1.54) is 18.5 Å². The molecule has 6 nitrogen and oxygen atoms in total. The molecule has 1 aromatic heterocycles. The van der Waals surface area contributed by atoms with Gasteiger partial charge in [-0.25, -0.2) is 9.18 Å². The molecule has 2 aromatic rings. The summed E-state index contributed by atoms with van der Waals surface area (Å²) in [6, 6.07) is 10.2. The van der Waals surface area contributed by atoms with E-state index in [2.05, 4.69) is 4.98 Å². The second-order valence-electron chi connectivity index (χ2n) is 7.17. The molecule has 1 saturated heterocycles. The van der Waals surface area contributed by atoms with Crippen LogP contribution >= 0.6 is 0 Å². The first-order valence-electron chi connectivity index (χ1n) is 8.56. The van der Waals surface area contributed by atoms with Crippen molar-refractivity contribution in [3.05, 3.63) is 65.0 Å². The molecule has 1 fully saturated rings. The third-order valence-corrected chi connectivity index (χ3v) is 5.08. The van der Waals surface area contributed by atoms with Gasteiger partial charge in [0, 0.05) is 18.0 Å². The topological polar surface area (TPSA) is 97.5 Å². The first kappa shape index (κ1) is 18.8. The Labute approximate surface area is 156 Å². The number of benzene rings is 1. The van der Waals surface area contributed by atoms with Crippen LogP contribution in [0.15, 0.2) is 42.7 Å². The van der Waals surface area contributed by atoms with E-state index in [4.69, 9.17) is 10.4 Å². The maximum atomic E-state index is 15.8. The van der Waals surface area contributed by atoms with E-state index in [-0.39, 0.29) is 22.6 Å². The molecule has 1 aliphatic rings. The van der Waals surface area contributed by atoms with Crippen molar-refractivity contribution in [1.82, 2.24) is 9.88 Å². The van der Waals surface area contributed by atoms with Crippen molar-refractivity contribution in [2.24, 2.45) is 0 Å². The Kier molecular flexibility index (Phi) is 4.62. The molecule has 2 heterocycles. The van der Waals surface area contributed by atoms with E-state index in [0.717, 1.165) is 10.5 Å². The molecular formula is C20H20FN3O3. The zero-order valence-electron chi connectivity index (χ0n) is 15.1. The number of nitrogens with zero attached hydrogens (tertiary/aromatic N) is 3. The second kappa shape index (κ2) is 6.63. The van der Waals surface area contributed by atoms with Gasteiger partial charge in [-0.3, -0.25) is 4.98 Å². The molecule has 2 N–H and O–H groups in total. The van der Waals surface area contributed by atoms with Gasteiger partial charge >= 0.3 is 6.09 Å². The highest BCUT2D eigenvalue weighted by atomic mass is 19.1. The van der Waals surface area contributed by atoms with E-state index < -0.39 is 30.5 Å². The van der Waals surface area contributed by atoms with Gasteiger partial charge in [-0.05, 0) is 23.1 Å². The number of hydrogen-bond acceptors (Lipinski definition) is 4. The van der Waals surface area contributed by atoms with E-state index in [1.807, 2.05) is 32.0 Å². The maximum Gasteiger partial charge on any atom is 0.407 e. The number of pyridine rings is 1. The van der Waals surface area contributed by atoms with Crippen molar-refractivity contribution < 1.29 is 19.4 Å². The molecule has 1 aliphatic heterocycles. The molecule has 1 aromatic carbocycles. The van der Waals surface area contributed by atoms with Gasteiger partial charge in [-0.1, -0.05) is 38.1 Å². The number of hydrogen-bond donors (Lipinski definition) is 2. The third kappa shape index (κ3) is 3.02. The van der Waals surface area contributed by atoms with Gasteiger partial charge in [0.2, 0.25) is 0 Å². The predicted molar refractivity (Wildman–Crippen MR) is 95.9 cm³/mol. The number of aromatic nitrogens is 1. The molecular weight excluding hydrogens is 349 g/mol. The minimum absolute atomic E-state index is 0.117. The monoisotopic (exact) mass is 369 g/mol. The van der Waals surface area contributed by atoms with E-state index in [0.29, 0.717) is 0 Å². The SMILES string of the molecule is CC(C)c1ccc(C(O)(c2cncc(C#N)c2)C2(F)CN(C(=O)O)C2)cc1. The van der Waals surface area contributed by atoms with Gasteiger partial charge in [0.25, 0.3) is 0 Å². The quantitative estimate of drug-likeness (QED) is 0.863. The molecule has 0 bridgehead atoms. The molecule has 0 spiro atoms. The summed E-state index contributed by atoms with van der Waals surface area (Å²) in [6.45, 7) is 3.10. The van der Waals surface area contributed by atoms with Crippen LogP contribution in [0.25, 0.3) is 0 Å². The zero-order valence-corrected chi connectivity index (χ0v) is 15.1. The van der Waals surface area contributed by atoms with Crippen molar-refractivity contribution in [3.63, 3.8) is 0 Å². The fourth-order valence-corrected chi connectivity index (χ4v) is 3.42. The summed E-state index contributed by atoms with van der Waals surface area (Å²) in [5.74, 6) is 0.265. The summed E-state index contributed by atoms with van der Waals surface area (Å²) in [7, 11) is 0. The summed E-state index contributed by atoms with van der Waals surface area (Å²) in [5.41, 5.74) is -2.75. The van der Waals surface area contributed by atoms with E-state index >= 15 is 4.39 Å². The smallest absolute Gasteiger partial charge is 0.407 e. The second-order valence-corrected chi connectivity index (χ2v) is 7.17. The molecule has 7 heteroatoms. The Morgan fingerprint density at radius 1 is 1.30 bits per heavy atom. The van der Waals surface area contributed by atoms with Gasteiger partial charge in [0.05, 0.1) is 18.7 Å². The van der Waals surface area contributed by atoms with Crippen LogP contribution in [0.2, 0.25) is 0 Å². The van der Waals surface area contributed by atoms with Gasteiger partial charge < -0.3 is 15.1 Å². The molecule has 0 aliphatic carbocycles. The molecule has 1 atom stereocenters. The molecule has 1 unspecified atom stereocenters. The van der Waals surface area contributed by atoms with Crippen LogP contribution in [-0.4, -0.2) is 44.9 Å². The number of carboxylic acid groups (broad SMARTS) is 1. The number of likely N-dealkylation sites (tertiary alicyclic amines) is 1. The lowest BCUT2D eigenvalue weighted by molar-refractivity contribution is -0.150. The Bertz CT molecular complexity index is 901. The standard InChI is InChI=1S/C20H20FN3O3/c1-13(2)15-3-5-16(6-4-15)20(27,17-7-14(8-22)9-23-10-17)19(21)11-24(12-19)18(25)26/h3-7,9-10,13,27H,11-12H2,1-2H3,(H,25,26). The van der Waals surface area contributed by atoms with Crippen LogP contribution in [0.4, 0.5) is 9.18 Å². The van der Waals surface area contributed by atoms with Crippen LogP contribution in [0, 0.1) is 11.3 Å². The van der Waals surface area contributed by atoms with Crippen LogP contribution in [0.5, 0.6) is 0 Å². The van der Waals surface area contributed by atoms with Crippen molar-refractivity contribution in [3.8, 4) is 6.07 Å². The Hall–Kier alpha value is -2.98. The first-order valence-corrected chi connectivity index (χ1v) is 8.56. The van der Waals surface area contributed by atoms with Crippen molar-refractivity contribution in [2.45, 2.75) is 31.0 Å². The van der Waals surface area contributed by atoms with Crippen molar-refractivity contribution >= 4 is 6.09 Å². The summed E-state index contributed by atoms with van der Waals surface area (Å²) in [6.07, 6.45) is 1.38. The number of alkyl halides is 1. The van der Waals surface area contributed by atoms with Crippen LogP contribution in [0.3, 0.4) is 0 Å². The number of nitriles is 1. The van der Waals surface area contributed by atoms with Gasteiger partial charge in [-0.15, -0.1) is 0 Å². The van der Waals surface area contributed by atoms with E-state index in [1.54, 1.807) is 12.1 Å². The molecule has 1 amide bonds. The number of amides is 1. The van der Waals surface area contributed by atoms with E-state index in [9.17, 15) is 9.90 Å². The largest absolute Gasteiger partial charge is 0.465 e. The molecule has 27 heavy (non-hydrogen) atoms. The Morgan fingerprint density at radius 2 is 1.93 bits per heavy atom. The van der Waals surface area contributed by atoms with Gasteiger partial charge in [0.1, 0.15) is 6.07 Å². The minimum Gasteiger partial charge on any atom is -0.465 e. The first-order chi connectivity index (χ1) is 12.7. The fourth-order valence-electron chi connectivity index (χ4n) is 3.42. The molecule has 3 rings (SSSR count). The van der Waals surface area contributed by atoms with Crippen LogP contribution in [-0.2, 0) is 5.60 Å². The van der Waals surface area contributed by atoms with Crippen molar-refractivity contribution in [2.75, 3.05) is 13.1 Å². The lowest BCUT2D eigenvalue weighted by Crippen LogP contribution is -2.70. The molecule has 140 valence electrons. The zero-order chi connectivity index (χ0) is 19.8. The minimum atomic E-state index is -2.24. The summed E-state index contributed by atoms with van der Waals surface area (Å²) < 4.78 is 15.8. The summed E-state index contributed by atoms with van der Waals surface area (Å²) in [4.78, 5) is 15.9. The highest BCUT2D eigenvalue weighted by molar-refractivity contribution is 5.67. The van der Waals surface area contributed by atoms with Gasteiger partial charge in [-0.2, -0.15) is 5.26 Å². The average Bonchev–Trinajstić information content (AvgIpc) is 2.64. The fraction of sp³-hybridized carbons (Fsp3) is 0.350. The lowest BCUT2D eigenvalue weighted by Gasteiger charge is -2.51. The summed E-state index contributed by atoms with van der Waals surface area (Å²) in [5, 5.41) is 29.7. The number of aliphatic hydroxyl groups is 1. The normalized spacial score (nSPS) is 17.7. The summed E-state index contributed by atoms with van der Waals surface area (Å²) >= 11 is 0.